The van der Waals surface area contributed by atoms with Gasteiger partial charge in [0.15, 0.2) is 0 Å². The zero-order chi connectivity index (χ0) is 32.7. The van der Waals surface area contributed by atoms with Crippen LogP contribution in [0.4, 0.5) is 11.4 Å². The van der Waals surface area contributed by atoms with Crippen LogP contribution in [0.3, 0.4) is 0 Å². The van der Waals surface area contributed by atoms with E-state index in [9.17, 15) is 14.4 Å². The Hall–Kier alpha value is -4.91. The molecule has 1 aromatic heterocycles. The molecule has 1 N–H and O–H groups in total. The number of fused-ring (bicyclic) bond motifs is 4. The van der Waals surface area contributed by atoms with Crippen molar-refractivity contribution in [1.29, 1.82) is 0 Å². The van der Waals surface area contributed by atoms with E-state index in [1.54, 1.807) is 6.07 Å². The van der Waals surface area contributed by atoms with E-state index in [-0.39, 0.29) is 28.7 Å². The Balaban J connectivity index is 1.18. The standard InChI is InChI=1S/C40H42N4O3/c1-40(2,3)33-15-12-30(13-16-33)38(46)41-34-23-31(39(47)42-20-18-29(19-21-42)28-8-5-4-6-9-28)14-17-36(34)43-24-27-22-32(26-43)35-10-7-11-37(45)44(35)25-27/h4-18,23,27,32H,19-22,24-26H2,1-3H3,(H,41,46)/t27-,32+/m1/s1. The summed E-state index contributed by atoms with van der Waals surface area (Å²) in [5.74, 6) is 0.271. The SMILES string of the molecule is CC(C)(C)c1ccc(C(=O)Nc2cc(C(=O)N3CC=C(c4ccccc4)CC3)ccc2N2C[C@H]3C[C@@H](C2)c2cccc(=O)n2C3)cc1. The highest BCUT2D eigenvalue weighted by molar-refractivity contribution is 6.07. The molecule has 3 aromatic carbocycles. The number of hydrogen-bond acceptors (Lipinski definition) is 4. The van der Waals surface area contributed by atoms with Gasteiger partial charge in [-0.2, -0.15) is 0 Å². The molecule has 1 fully saturated rings. The monoisotopic (exact) mass is 626 g/mol. The van der Waals surface area contributed by atoms with Gasteiger partial charge in [-0.1, -0.05) is 75.4 Å². The molecule has 1 saturated heterocycles. The van der Waals surface area contributed by atoms with Gasteiger partial charge in [0.05, 0.1) is 11.4 Å². The third-order valence-corrected chi connectivity index (χ3v) is 9.97. The van der Waals surface area contributed by atoms with Crippen LogP contribution in [0.2, 0.25) is 0 Å². The minimum absolute atomic E-state index is 0.0154. The van der Waals surface area contributed by atoms with E-state index in [0.29, 0.717) is 42.4 Å². The summed E-state index contributed by atoms with van der Waals surface area (Å²) in [7, 11) is 0. The summed E-state index contributed by atoms with van der Waals surface area (Å²) in [6.45, 7) is 9.83. The highest BCUT2D eigenvalue weighted by Gasteiger charge is 2.35. The molecule has 240 valence electrons. The van der Waals surface area contributed by atoms with Gasteiger partial charge in [0.2, 0.25) is 0 Å². The lowest BCUT2D eigenvalue weighted by Crippen LogP contribution is -2.47. The van der Waals surface area contributed by atoms with Crippen molar-refractivity contribution in [2.45, 2.75) is 51.5 Å². The Labute approximate surface area is 276 Å². The highest BCUT2D eigenvalue weighted by Crippen LogP contribution is 2.39. The minimum atomic E-state index is -0.209. The van der Waals surface area contributed by atoms with Gasteiger partial charge in [-0.15, -0.1) is 0 Å². The van der Waals surface area contributed by atoms with E-state index in [0.717, 1.165) is 42.9 Å². The molecular formula is C40H42N4O3. The second kappa shape index (κ2) is 12.4. The number of carbonyl (C=O) groups excluding carboxylic acids is 2. The van der Waals surface area contributed by atoms with E-state index in [2.05, 4.69) is 55.3 Å². The van der Waals surface area contributed by atoms with Crippen molar-refractivity contribution in [3.05, 3.63) is 135 Å². The summed E-state index contributed by atoms with van der Waals surface area (Å²) in [6.07, 6.45) is 3.97. The molecule has 7 nitrogen and oxygen atoms in total. The third kappa shape index (κ3) is 6.27. The summed E-state index contributed by atoms with van der Waals surface area (Å²) in [5.41, 5.74) is 7.38. The lowest BCUT2D eigenvalue weighted by atomic mass is 9.83. The molecule has 2 atom stereocenters. The minimum Gasteiger partial charge on any atom is -0.369 e. The maximum atomic E-state index is 13.8. The Morgan fingerprint density at radius 3 is 2.32 bits per heavy atom. The predicted molar refractivity (Wildman–Crippen MR) is 188 cm³/mol. The van der Waals surface area contributed by atoms with Gasteiger partial charge >= 0.3 is 0 Å². The average molecular weight is 627 g/mol. The Morgan fingerprint density at radius 1 is 0.830 bits per heavy atom. The number of nitrogens with one attached hydrogen (secondary N) is 1. The zero-order valence-corrected chi connectivity index (χ0v) is 27.4. The Bertz CT molecular complexity index is 1900. The fraction of sp³-hybridized carbons (Fsp3) is 0.325. The predicted octanol–water partition coefficient (Wildman–Crippen LogP) is 6.95. The van der Waals surface area contributed by atoms with Crippen LogP contribution < -0.4 is 15.8 Å². The summed E-state index contributed by atoms with van der Waals surface area (Å²) < 4.78 is 1.93. The number of anilines is 2. The molecular weight excluding hydrogens is 584 g/mol. The molecule has 4 heterocycles. The number of benzene rings is 3. The second-order valence-corrected chi connectivity index (χ2v) is 14.2. The smallest absolute Gasteiger partial charge is 0.255 e. The van der Waals surface area contributed by atoms with Gasteiger partial charge < -0.3 is 19.7 Å². The summed E-state index contributed by atoms with van der Waals surface area (Å²) in [6, 6.07) is 29.3. The van der Waals surface area contributed by atoms with E-state index >= 15 is 0 Å². The van der Waals surface area contributed by atoms with Crippen LogP contribution >= 0.6 is 0 Å². The molecule has 2 bridgehead atoms. The average Bonchev–Trinajstić information content (AvgIpc) is 3.08. The van der Waals surface area contributed by atoms with Crippen LogP contribution in [0.15, 0.2) is 102 Å². The van der Waals surface area contributed by atoms with Crippen molar-refractivity contribution < 1.29 is 9.59 Å². The first-order valence-electron chi connectivity index (χ1n) is 16.7. The van der Waals surface area contributed by atoms with Crippen molar-refractivity contribution in [2.24, 2.45) is 5.92 Å². The van der Waals surface area contributed by atoms with Crippen LogP contribution in [0.25, 0.3) is 5.57 Å². The van der Waals surface area contributed by atoms with Crippen molar-refractivity contribution in [3.63, 3.8) is 0 Å². The van der Waals surface area contributed by atoms with Gasteiger partial charge in [0, 0.05) is 61.5 Å². The Morgan fingerprint density at radius 2 is 1.60 bits per heavy atom. The quantitative estimate of drug-likeness (QED) is 0.260. The van der Waals surface area contributed by atoms with E-state index < -0.39 is 0 Å². The lowest BCUT2D eigenvalue weighted by molar-refractivity contribution is 0.0772. The number of rotatable bonds is 5. The van der Waals surface area contributed by atoms with Crippen molar-refractivity contribution in [1.82, 2.24) is 9.47 Å². The number of carbonyl (C=O) groups is 2. The molecule has 3 aliphatic heterocycles. The largest absolute Gasteiger partial charge is 0.369 e. The number of nitrogens with zero attached hydrogens (tertiary/aromatic N) is 3. The van der Waals surface area contributed by atoms with Gasteiger partial charge in [-0.05, 0) is 77.3 Å². The lowest BCUT2D eigenvalue weighted by Gasteiger charge is -2.44. The highest BCUT2D eigenvalue weighted by atomic mass is 16.2. The van der Waals surface area contributed by atoms with E-state index in [1.807, 2.05) is 76.2 Å². The van der Waals surface area contributed by atoms with Crippen molar-refractivity contribution in [3.8, 4) is 0 Å². The first-order chi connectivity index (χ1) is 22.6. The van der Waals surface area contributed by atoms with Gasteiger partial charge in [0.1, 0.15) is 0 Å². The molecule has 3 aliphatic rings. The summed E-state index contributed by atoms with van der Waals surface area (Å²) in [5, 5.41) is 3.18. The number of pyridine rings is 1. The molecule has 0 saturated carbocycles. The zero-order valence-electron chi connectivity index (χ0n) is 27.4. The third-order valence-electron chi connectivity index (χ3n) is 9.97. The van der Waals surface area contributed by atoms with E-state index in [1.165, 1.54) is 11.1 Å². The molecule has 0 aliphatic carbocycles. The number of hydrogen-bond donors (Lipinski definition) is 1. The molecule has 0 spiro atoms. The fourth-order valence-electron chi connectivity index (χ4n) is 7.40. The maximum Gasteiger partial charge on any atom is 0.255 e. The maximum absolute atomic E-state index is 13.8. The summed E-state index contributed by atoms with van der Waals surface area (Å²) in [4.78, 5) is 44.3. The number of aromatic nitrogens is 1. The van der Waals surface area contributed by atoms with Crippen molar-refractivity contribution in [2.75, 3.05) is 36.4 Å². The topological polar surface area (TPSA) is 74.7 Å². The second-order valence-electron chi connectivity index (χ2n) is 14.2. The molecule has 0 unspecified atom stereocenters. The van der Waals surface area contributed by atoms with Crippen molar-refractivity contribution >= 4 is 28.8 Å². The van der Waals surface area contributed by atoms with Crippen LogP contribution in [-0.2, 0) is 12.0 Å². The van der Waals surface area contributed by atoms with Crippen LogP contribution in [-0.4, -0.2) is 47.5 Å². The number of amides is 2. The molecule has 4 aromatic rings. The van der Waals surface area contributed by atoms with Crippen LogP contribution in [0.5, 0.6) is 0 Å². The normalized spacial score (nSPS) is 19.1. The molecule has 0 radical (unpaired) electrons. The first kappa shape index (κ1) is 30.7. The first-order valence-corrected chi connectivity index (χ1v) is 16.7. The van der Waals surface area contributed by atoms with Crippen LogP contribution in [0.1, 0.15) is 77.1 Å². The van der Waals surface area contributed by atoms with E-state index in [4.69, 9.17) is 0 Å². The van der Waals surface area contributed by atoms with Gasteiger partial charge in [0.25, 0.3) is 17.4 Å². The van der Waals surface area contributed by atoms with Gasteiger partial charge in [-0.25, -0.2) is 0 Å². The molecule has 7 heteroatoms. The molecule has 7 rings (SSSR count). The number of piperidine rings is 1. The van der Waals surface area contributed by atoms with Crippen LogP contribution in [0, 0.1) is 5.92 Å². The van der Waals surface area contributed by atoms with Gasteiger partial charge in [-0.3, -0.25) is 14.4 Å². The Kier molecular flexibility index (Phi) is 8.08. The fourth-order valence-corrected chi connectivity index (χ4v) is 7.40. The molecule has 47 heavy (non-hydrogen) atoms. The summed E-state index contributed by atoms with van der Waals surface area (Å²) >= 11 is 0. The molecule has 2 amide bonds.